The van der Waals surface area contributed by atoms with Gasteiger partial charge in [-0.25, -0.2) is 14.9 Å². The minimum Gasteiger partial charge on any atom is -0.408 e. The maximum atomic E-state index is 15.6. The van der Waals surface area contributed by atoms with Crippen molar-refractivity contribution in [2.24, 2.45) is 0 Å². The van der Waals surface area contributed by atoms with Crippen LogP contribution in [-0.2, 0) is 10.1 Å². The van der Waals surface area contributed by atoms with Crippen molar-refractivity contribution in [1.82, 2.24) is 15.0 Å². The Balaban J connectivity index is 2.14. The lowest BCUT2D eigenvalue weighted by molar-refractivity contribution is -0.0488. The Morgan fingerprint density at radius 1 is 1.18 bits per heavy atom. The fourth-order valence-corrected chi connectivity index (χ4v) is 3.43. The molecule has 14 radical (unpaired) electrons. The molecule has 2 aromatic carbocycles. The summed E-state index contributed by atoms with van der Waals surface area (Å²) in [6.45, 7) is 0. The number of benzene rings is 2. The Hall–Kier alpha value is -1.75. The van der Waals surface area contributed by atoms with E-state index >= 15 is 4.39 Å². The molecule has 1 heterocycles. The van der Waals surface area contributed by atoms with Crippen LogP contribution in [0.15, 0.2) is 35.1 Å². The van der Waals surface area contributed by atoms with Crippen molar-refractivity contribution in [3.63, 3.8) is 0 Å². The van der Waals surface area contributed by atoms with E-state index in [1.807, 2.05) is 5.48 Å². The van der Waals surface area contributed by atoms with Gasteiger partial charge in [-0.1, -0.05) is 32.8 Å². The quantitative estimate of drug-likeness (QED) is 0.299. The fraction of sp³-hybridized carbons (Fsp3) is 0.176. The molecule has 3 rings (SSSR count). The lowest BCUT2D eigenvalue weighted by Crippen LogP contribution is -2.60. The topological polar surface area (TPSA) is 88.4 Å². The molecule has 1 amide bonds. The molecule has 0 fully saturated rings. The highest BCUT2D eigenvalue weighted by molar-refractivity contribution is 9.10. The Morgan fingerprint density at radius 2 is 1.82 bits per heavy atom. The number of imidazole rings is 1. The molecule has 0 spiro atoms. The second kappa shape index (κ2) is 9.37. The minimum absolute atomic E-state index is 0.0384. The maximum absolute atomic E-state index is 15.6. The molecule has 156 valence electrons. The second-order valence-electron chi connectivity index (χ2n) is 7.38. The molecule has 0 saturated heterocycles. The number of hydrogen-bond acceptors (Lipinski definition) is 5. The number of fused-ring (bicyclic) bond motifs is 1. The van der Waals surface area contributed by atoms with Crippen LogP contribution in [0.4, 0.5) is 15.8 Å². The van der Waals surface area contributed by atoms with Crippen LogP contribution in [0.1, 0.15) is 10.4 Å². The van der Waals surface area contributed by atoms with Gasteiger partial charge in [0.15, 0.2) is 5.82 Å². The van der Waals surface area contributed by atoms with Crippen LogP contribution in [0, 0.1) is 5.82 Å². The summed E-state index contributed by atoms with van der Waals surface area (Å²) < 4.78 is 17.3. The molecule has 3 N–H and O–H groups in total. The number of aromatic nitrogens is 2. The van der Waals surface area contributed by atoms with Crippen molar-refractivity contribution in [2.75, 3.05) is 5.32 Å². The van der Waals surface area contributed by atoms with Crippen molar-refractivity contribution in [3.05, 3.63) is 51.5 Å². The van der Waals surface area contributed by atoms with Gasteiger partial charge < -0.3 is 15.0 Å². The number of carbonyl (C=O) groups excluding carboxylic acids is 1. The highest BCUT2D eigenvalue weighted by atomic mass is 79.9. The summed E-state index contributed by atoms with van der Waals surface area (Å²) >= 11 is 9.48. The number of amides is 1. The van der Waals surface area contributed by atoms with Crippen molar-refractivity contribution in [3.8, 4) is 0 Å². The fourth-order valence-electron chi connectivity index (χ4n) is 2.71. The zero-order valence-corrected chi connectivity index (χ0v) is 19.6. The molecule has 0 saturated carbocycles. The Kier molecular flexibility index (Phi) is 7.40. The normalized spacial score (nSPS) is 12.6. The summed E-state index contributed by atoms with van der Waals surface area (Å²) in [5.41, 5.74) is 1.11. The first-order chi connectivity index (χ1) is 15.5. The molecule has 0 aliphatic carbocycles. The van der Waals surface area contributed by atoms with E-state index < -0.39 is 27.8 Å². The number of rotatable bonds is 7. The third kappa shape index (κ3) is 5.40. The summed E-state index contributed by atoms with van der Waals surface area (Å²) in [7, 11) is 38.5. The smallest absolute Gasteiger partial charge is 0.277 e. The van der Waals surface area contributed by atoms with Crippen LogP contribution in [0.25, 0.3) is 11.0 Å². The van der Waals surface area contributed by atoms with E-state index in [4.69, 9.17) is 71.4 Å². The van der Waals surface area contributed by atoms with Gasteiger partial charge in [-0.15, -0.1) is 0 Å². The molecule has 0 bridgehead atoms. The summed E-state index contributed by atoms with van der Waals surface area (Å²) in [5.74, 6) is -2.07. The highest BCUT2D eigenvalue weighted by Crippen LogP contribution is 2.35. The number of nitrogens with one attached hydrogen (secondary N) is 2. The number of carbonyl (C=O) groups is 1. The first-order valence-corrected chi connectivity index (χ1v) is 10.3. The standard InChI is InChI=1S/C17H8B7BrClFN4O3/c18-15(19,33)16(20,21)34-30-14(32)7-4-10-13(28-5-31(10)17(22,23)24)11(27)12(7)29-9-2-1-6(25)3-8(9)26/h1-5,29,33H,(H,30,32). The van der Waals surface area contributed by atoms with E-state index in [2.05, 4.69) is 26.2 Å². The van der Waals surface area contributed by atoms with Gasteiger partial charge in [-0.05, 0) is 24.3 Å². The SMILES string of the molecule is [B]C([B])([B])n1cnc2c(F)c(Nc3ccc(Br)cc3Cl)c(C(=O)NOC([B])([B])C([B])([B])O)cc21. The van der Waals surface area contributed by atoms with Gasteiger partial charge in [-0.3, -0.25) is 9.63 Å². The summed E-state index contributed by atoms with van der Waals surface area (Å²) in [6, 6.07) is 5.88. The van der Waals surface area contributed by atoms with Gasteiger partial charge in [0.25, 0.3) is 5.91 Å². The van der Waals surface area contributed by atoms with Crippen LogP contribution in [-0.4, -0.2) is 86.3 Å². The second-order valence-corrected chi connectivity index (χ2v) is 8.71. The first-order valence-electron chi connectivity index (χ1n) is 9.18. The molecule has 0 unspecified atom stereocenters. The summed E-state index contributed by atoms with van der Waals surface area (Å²) in [6.07, 6.45) is 1.09. The van der Waals surface area contributed by atoms with Gasteiger partial charge in [0.05, 0.1) is 57.3 Å². The molecule has 1 aromatic heterocycles. The Labute approximate surface area is 217 Å². The molecule has 0 atom stereocenters. The number of hydroxylamine groups is 1. The first kappa shape index (κ1) is 26.9. The monoisotopic (exact) mass is 526 g/mol. The summed E-state index contributed by atoms with van der Waals surface area (Å²) in [4.78, 5) is 21.7. The predicted octanol–water partition coefficient (Wildman–Crippen LogP) is 0.0435. The van der Waals surface area contributed by atoms with E-state index in [1.165, 1.54) is 12.1 Å². The molecule has 3 aromatic rings. The third-order valence-corrected chi connectivity index (χ3v) is 5.38. The molecule has 17 heteroatoms. The van der Waals surface area contributed by atoms with Crippen LogP contribution in [0.2, 0.25) is 5.02 Å². The van der Waals surface area contributed by atoms with Crippen molar-refractivity contribution in [1.29, 1.82) is 0 Å². The Morgan fingerprint density at radius 3 is 2.38 bits per heavy atom. The molecule has 0 aliphatic heterocycles. The Bertz CT molecular complexity index is 1270. The van der Waals surface area contributed by atoms with Gasteiger partial charge in [0.1, 0.15) is 36.9 Å². The lowest BCUT2D eigenvalue weighted by Gasteiger charge is -2.38. The van der Waals surface area contributed by atoms with Crippen LogP contribution in [0.5, 0.6) is 0 Å². The number of aliphatic hydroxyl groups is 1. The maximum Gasteiger partial charge on any atom is 0.277 e. The van der Waals surface area contributed by atoms with Crippen molar-refractivity contribution in [2.45, 2.75) is 16.0 Å². The van der Waals surface area contributed by atoms with Gasteiger partial charge >= 0.3 is 0 Å². The largest absolute Gasteiger partial charge is 0.408 e. The molecule has 7 nitrogen and oxygen atoms in total. The molecular formula is C17H8B7BrClFN4O3. The van der Waals surface area contributed by atoms with E-state index in [0.717, 1.165) is 10.9 Å². The molecule has 0 aliphatic rings. The van der Waals surface area contributed by atoms with Crippen molar-refractivity contribution < 1.29 is 19.1 Å². The average molecular weight is 526 g/mol. The van der Waals surface area contributed by atoms with Gasteiger partial charge in [0.2, 0.25) is 0 Å². The molecular weight excluding hydrogens is 518 g/mol. The van der Waals surface area contributed by atoms with E-state index in [-0.39, 0.29) is 33.0 Å². The number of halogens is 3. The van der Waals surface area contributed by atoms with Crippen LogP contribution >= 0.6 is 27.5 Å². The average Bonchev–Trinajstić information content (AvgIpc) is 3.13. The zero-order chi connectivity index (χ0) is 25.6. The predicted molar refractivity (Wildman–Crippen MR) is 137 cm³/mol. The highest BCUT2D eigenvalue weighted by Gasteiger charge is 2.35. The zero-order valence-electron chi connectivity index (χ0n) is 17.2. The number of hydrogen-bond donors (Lipinski definition) is 3. The summed E-state index contributed by atoms with van der Waals surface area (Å²) in [5, 5.41) is 5.18. The van der Waals surface area contributed by atoms with E-state index in [9.17, 15) is 9.90 Å². The minimum atomic E-state index is -2.75. The third-order valence-electron chi connectivity index (χ3n) is 4.57. The lowest BCUT2D eigenvalue weighted by atomic mass is 9.42. The van der Waals surface area contributed by atoms with Gasteiger partial charge in [0, 0.05) is 15.3 Å². The number of anilines is 2. The molecule has 34 heavy (non-hydrogen) atoms. The van der Waals surface area contributed by atoms with E-state index in [0.29, 0.717) is 4.47 Å². The van der Waals surface area contributed by atoms with Crippen molar-refractivity contribution >= 4 is 111 Å². The van der Waals surface area contributed by atoms with Crippen LogP contribution in [0.3, 0.4) is 0 Å². The van der Waals surface area contributed by atoms with E-state index in [1.54, 1.807) is 12.1 Å². The van der Waals surface area contributed by atoms with Crippen LogP contribution < -0.4 is 10.8 Å². The number of nitrogens with zero attached hydrogens (tertiary/aromatic N) is 2. The van der Waals surface area contributed by atoms with Gasteiger partial charge in [-0.2, -0.15) is 0 Å².